The molecule has 2 rings (SSSR count). The molecule has 0 saturated carbocycles. The topological polar surface area (TPSA) is 83.7 Å². The molecular weight excluding hydrogens is 272 g/mol. The summed E-state index contributed by atoms with van der Waals surface area (Å²) in [6.07, 6.45) is 0. The highest BCUT2D eigenvalue weighted by molar-refractivity contribution is 5.78. The van der Waals surface area contributed by atoms with Crippen LogP contribution in [0.3, 0.4) is 0 Å². The number of furan rings is 1. The third-order valence-corrected chi connectivity index (χ3v) is 3.14. The molecular formula is C15H20N2O4. The summed E-state index contributed by atoms with van der Waals surface area (Å²) in [4.78, 5) is 11.5. The van der Waals surface area contributed by atoms with Gasteiger partial charge in [-0.3, -0.25) is 0 Å². The van der Waals surface area contributed by atoms with Gasteiger partial charge in [-0.15, -0.1) is 0 Å². The van der Waals surface area contributed by atoms with Crippen LogP contribution in [0.15, 0.2) is 34.7 Å². The minimum absolute atomic E-state index is 0.0473. The highest BCUT2D eigenvalue weighted by Gasteiger charge is 2.28. The van der Waals surface area contributed by atoms with E-state index in [-0.39, 0.29) is 12.6 Å². The van der Waals surface area contributed by atoms with E-state index in [0.717, 1.165) is 5.39 Å². The van der Waals surface area contributed by atoms with Crippen molar-refractivity contribution in [3.8, 4) is 0 Å². The number of hydrogen-bond acceptors (Lipinski definition) is 4. The molecule has 1 heterocycles. The lowest BCUT2D eigenvalue weighted by atomic mass is 10.0. The monoisotopic (exact) mass is 292 g/mol. The highest BCUT2D eigenvalue weighted by atomic mass is 16.5. The Labute approximate surface area is 123 Å². The SMILES string of the molecule is COCCNC(=O)NCC(C)(O)c1cc2ccccc2o1. The Morgan fingerprint density at radius 1 is 1.38 bits per heavy atom. The summed E-state index contributed by atoms with van der Waals surface area (Å²) in [5.41, 5.74) is -0.574. The molecule has 3 N–H and O–H groups in total. The second-order valence-electron chi connectivity index (χ2n) is 5.02. The normalized spacial score (nSPS) is 13.9. The van der Waals surface area contributed by atoms with Gasteiger partial charge in [-0.25, -0.2) is 4.79 Å². The van der Waals surface area contributed by atoms with Crippen molar-refractivity contribution in [2.45, 2.75) is 12.5 Å². The molecule has 114 valence electrons. The first kappa shape index (κ1) is 15.3. The number of benzene rings is 1. The number of nitrogens with one attached hydrogen (secondary N) is 2. The molecule has 2 aromatic rings. The van der Waals surface area contributed by atoms with Crippen molar-refractivity contribution in [3.63, 3.8) is 0 Å². The number of carbonyl (C=O) groups is 1. The Bertz CT molecular complexity index is 573. The molecule has 0 fully saturated rings. The van der Waals surface area contributed by atoms with Crippen molar-refractivity contribution in [3.05, 3.63) is 36.1 Å². The lowest BCUT2D eigenvalue weighted by Crippen LogP contribution is -2.44. The van der Waals surface area contributed by atoms with Crippen LogP contribution in [-0.2, 0) is 10.3 Å². The first-order chi connectivity index (χ1) is 10.0. The molecule has 0 radical (unpaired) electrons. The average Bonchev–Trinajstić information content (AvgIpc) is 2.90. The molecule has 6 heteroatoms. The molecule has 0 spiro atoms. The molecule has 2 amide bonds. The van der Waals surface area contributed by atoms with Gasteiger partial charge in [0.05, 0.1) is 13.2 Å². The van der Waals surface area contributed by atoms with Gasteiger partial charge in [0.2, 0.25) is 0 Å². The van der Waals surface area contributed by atoms with Gasteiger partial charge in [0, 0.05) is 19.0 Å². The van der Waals surface area contributed by atoms with E-state index in [9.17, 15) is 9.90 Å². The summed E-state index contributed by atoms with van der Waals surface area (Å²) in [5, 5.41) is 16.6. The number of aliphatic hydroxyl groups is 1. The predicted molar refractivity (Wildman–Crippen MR) is 79.1 cm³/mol. The van der Waals surface area contributed by atoms with E-state index in [1.54, 1.807) is 20.1 Å². The van der Waals surface area contributed by atoms with Crippen LogP contribution >= 0.6 is 0 Å². The summed E-state index contributed by atoms with van der Waals surface area (Å²) in [7, 11) is 1.56. The molecule has 0 saturated heterocycles. The van der Waals surface area contributed by atoms with Crippen LogP contribution in [0.2, 0.25) is 0 Å². The van der Waals surface area contributed by atoms with E-state index < -0.39 is 5.60 Å². The fourth-order valence-electron chi connectivity index (χ4n) is 1.92. The van der Waals surface area contributed by atoms with Crippen molar-refractivity contribution in [1.82, 2.24) is 10.6 Å². The third kappa shape index (κ3) is 3.96. The second-order valence-corrected chi connectivity index (χ2v) is 5.02. The maximum Gasteiger partial charge on any atom is 0.314 e. The molecule has 1 unspecified atom stereocenters. The van der Waals surface area contributed by atoms with Gasteiger partial charge in [0.15, 0.2) is 0 Å². The van der Waals surface area contributed by atoms with Crippen molar-refractivity contribution in [1.29, 1.82) is 0 Å². The zero-order chi connectivity index (χ0) is 15.3. The van der Waals surface area contributed by atoms with Crippen molar-refractivity contribution in [2.24, 2.45) is 0 Å². The van der Waals surface area contributed by atoms with Crippen molar-refractivity contribution < 1.29 is 19.1 Å². The summed E-state index contributed by atoms with van der Waals surface area (Å²) < 4.78 is 10.5. The van der Waals surface area contributed by atoms with Crippen LogP contribution in [0, 0.1) is 0 Å². The van der Waals surface area contributed by atoms with Crippen LogP contribution in [0.1, 0.15) is 12.7 Å². The van der Waals surface area contributed by atoms with Crippen LogP contribution in [-0.4, -0.2) is 37.9 Å². The van der Waals surface area contributed by atoms with Gasteiger partial charge in [0.1, 0.15) is 16.9 Å². The molecule has 1 aromatic heterocycles. The summed E-state index contributed by atoms with van der Waals surface area (Å²) in [5.74, 6) is 0.417. The molecule has 0 aliphatic carbocycles. The Morgan fingerprint density at radius 2 is 2.14 bits per heavy atom. The van der Waals surface area contributed by atoms with Crippen LogP contribution in [0.25, 0.3) is 11.0 Å². The predicted octanol–water partition coefficient (Wildman–Crippen LogP) is 1.59. The Morgan fingerprint density at radius 3 is 2.86 bits per heavy atom. The van der Waals surface area contributed by atoms with E-state index in [2.05, 4.69) is 10.6 Å². The largest absolute Gasteiger partial charge is 0.458 e. The van der Waals surface area contributed by atoms with Gasteiger partial charge >= 0.3 is 6.03 Å². The minimum Gasteiger partial charge on any atom is -0.458 e. The first-order valence-electron chi connectivity index (χ1n) is 6.75. The number of fused-ring (bicyclic) bond motifs is 1. The van der Waals surface area contributed by atoms with Gasteiger partial charge < -0.3 is 24.9 Å². The lowest BCUT2D eigenvalue weighted by Gasteiger charge is -2.21. The third-order valence-electron chi connectivity index (χ3n) is 3.14. The fourth-order valence-corrected chi connectivity index (χ4v) is 1.92. The van der Waals surface area contributed by atoms with Gasteiger partial charge in [-0.1, -0.05) is 18.2 Å². The Kier molecular flexibility index (Phi) is 4.82. The molecule has 21 heavy (non-hydrogen) atoms. The maximum atomic E-state index is 11.5. The van der Waals surface area contributed by atoms with Gasteiger partial charge in [-0.05, 0) is 19.1 Å². The molecule has 0 bridgehead atoms. The summed E-state index contributed by atoms with van der Waals surface area (Å²) >= 11 is 0. The molecule has 0 aliphatic rings. The summed E-state index contributed by atoms with van der Waals surface area (Å²) in [6, 6.07) is 8.93. The van der Waals surface area contributed by atoms with Crippen molar-refractivity contribution in [2.75, 3.05) is 26.8 Å². The molecule has 1 aromatic carbocycles. The Balaban J connectivity index is 1.96. The number of hydrogen-bond donors (Lipinski definition) is 3. The van der Waals surface area contributed by atoms with Crippen molar-refractivity contribution >= 4 is 17.0 Å². The van der Waals surface area contributed by atoms with E-state index in [1.807, 2.05) is 24.3 Å². The number of ether oxygens (including phenoxy) is 1. The number of methoxy groups -OCH3 is 1. The number of carbonyl (C=O) groups excluding carboxylic acids is 1. The van der Waals surface area contributed by atoms with E-state index in [4.69, 9.17) is 9.15 Å². The standard InChI is InChI=1S/C15H20N2O4/c1-15(19,10-17-14(18)16-7-8-20-2)13-9-11-5-3-4-6-12(11)21-13/h3-6,9,19H,7-8,10H2,1-2H3,(H2,16,17,18). The molecule has 6 nitrogen and oxygen atoms in total. The van der Waals surface area contributed by atoms with E-state index in [0.29, 0.717) is 24.5 Å². The quantitative estimate of drug-likeness (QED) is 0.706. The second kappa shape index (κ2) is 6.60. The van der Waals surface area contributed by atoms with Crippen LogP contribution in [0.5, 0.6) is 0 Å². The Hall–Kier alpha value is -2.05. The van der Waals surface area contributed by atoms with Gasteiger partial charge in [0.25, 0.3) is 0 Å². The number of urea groups is 1. The lowest BCUT2D eigenvalue weighted by molar-refractivity contribution is 0.0383. The van der Waals surface area contributed by atoms with E-state index >= 15 is 0 Å². The van der Waals surface area contributed by atoms with Gasteiger partial charge in [-0.2, -0.15) is 0 Å². The number of para-hydroxylation sites is 1. The summed E-state index contributed by atoms with van der Waals surface area (Å²) in [6.45, 7) is 2.49. The first-order valence-corrected chi connectivity index (χ1v) is 6.75. The molecule has 0 aliphatic heterocycles. The van der Waals surface area contributed by atoms with E-state index in [1.165, 1.54) is 0 Å². The smallest absolute Gasteiger partial charge is 0.314 e. The number of rotatable bonds is 6. The van der Waals surface area contributed by atoms with Crippen LogP contribution < -0.4 is 10.6 Å². The zero-order valence-electron chi connectivity index (χ0n) is 12.2. The average molecular weight is 292 g/mol. The molecule has 1 atom stereocenters. The minimum atomic E-state index is -1.28. The number of amides is 2. The fraction of sp³-hybridized carbons (Fsp3) is 0.400. The zero-order valence-corrected chi connectivity index (χ0v) is 12.2. The highest BCUT2D eigenvalue weighted by Crippen LogP contribution is 2.27. The maximum absolute atomic E-state index is 11.5. The van der Waals surface area contributed by atoms with Crippen LogP contribution in [0.4, 0.5) is 4.79 Å².